The Bertz CT molecular complexity index is 464. The Morgan fingerprint density at radius 1 is 1.21 bits per heavy atom. The number of benzene rings is 1. The average molecular weight is 259 g/mol. The average Bonchev–Trinajstić information content (AvgIpc) is 2.39. The Morgan fingerprint density at radius 2 is 1.89 bits per heavy atom. The van der Waals surface area contributed by atoms with Gasteiger partial charge < -0.3 is 5.73 Å². The molecule has 0 unspecified atom stereocenters. The zero-order valence-electron chi connectivity index (χ0n) is 11.6. The molecule has 0 aliphatic carbocycles. The van der Waals surface area contributed by atoms with Gasteiger partial charge in [0.15, 0.2) is 0 Å². The van der Waals surface area contributed by atoms with E-state index in [9.17, 15) is 4.79 Å². The minimum absolute atomic E-state index is 0.356. The van der Waals surface area contributed by atoms with Crippen LogP contribution < -0.4 is 5.73 Å². The third-order valence-corrected chi connectivity index (χ3v) is 2.70. The molecule has 0 fully saturated rings. The lowest BCUT2D eigenvalue weighted by molar-refractivity contribution is -0.112. The molecule has 0 saturated heterocycles. The Labute approximate surface area is 114 Å². The molecule has 0 saturated carbocycles. The highest BCUT2D eigenvalue weighted by Gasteiger charge is 2.06. The topological polar surface area (TPSA) is 67.8 Å². The highest BCUT2D eigenvalue weighted by atomic mass is 16.1. The van der Waals surface area contributed by atoms with Crippen LogP contribution in [0.1, 0.15) is 38.7 Å². The van der Waals surface area contributed by atoms with E-state index < -0.39 is 5.91 Å². The number of amides is 1. The predicted molar refractivity (Wildman–Crippen MR) is 79.4 cm³/mol. The number of primary amides is 1. The molecule has 1 rings (SSSR count). The molecule has 0 radical (unpaired) electrons. The van der Waals surface area contributed by atoms with Crippen molar-refractivity contribution in [2.24, 2.45) is 15.9 Å². The quantitative estimate of drug-likeness (QED) is 0.593. The van der Waals surface area contributed by atoms with E-state index in [0.717, 1.165) is 25.0 Å². The summed E-state index contributed by atoms with van der Waals surface area (Å²) in [6.45, 7) is 3.96. The molecule has 0 spiro atoms. The molecule has 1 aromatic carbocycles. The molecule has 1 amide bonds. The third kappa shape index (κ3) is 5.95. The van der Waals surface area contributed by atoms with E-state index in [1.165, 1.54) is 5.56 Å². The number of nitrogens with zero attached hydrogens (tertiary/aromatic N) is 2. The number of hydrogen-bond acceptors (Lipinski definition) is 3. The molecule has 0 atom stereocenters. The van der Waals surface area contributed by atoms with Gasteiger partial charge in [-0.05, 0) is 25.3 Å². The molecule has 0 aliphatic rings. The lowest BCUT2D eigenvalue weighted by Crippen LogP contribution is -2.23. The molecule has 1 aromatic rings. The van der Waals surface area contributed by atoms with Crippen LogP contribution in [0.5, 0.6) is 0 Å². The molecule has 4 nitrogen and oxygen atoms in total. The lowest BCUT2D eigenvalue weighted by Gasteiger charge is -2.01. The van der Waals surface area contributed by atoms with Gasteiger partial charge >= 0.3 is 0 Å². The molecule has 0 aromatic heterocycles. The summed E-state index contributed by atoms with van der Waals surface area (Å²) in [7, 11) is 0. The first-order valence-corrected chi connectivity index (χ1v) is 6.57. The number of nitrogens with two attached hydrogens (primary N) is 1. The fourth-order valence-corrected chi connectivity index (χ4v) is 1.64. The Kier molecular flexibility index (Phi) is 6.50. The van der Waals surface area contributed by atoms with E-state index in [4.69, 9.17) is 5.73 Å². The van der Waals surface area contributed by atoms with Crippen molar-refractivity contribution in [1.82, 2.24) is 0 Å². The summed E-state index contributed by atoms with van der Waals surface area (Å²) >= 11 is 0. The van der Waals surface area contributed by atoms with Crippen molar-refractivity contribution in [3.63, 3.8) is 0 Å². The number of hydrogen-bond donors (Lipinski definition) is 1. The SMILES string of the molecule is CCCC/C(=N\N=C(/C)Cc1ccccc1)C(N)=O. The van der Waals surface area contributed by atoms with Crippen molar-refractivity contribution in [2.75, 3.05) is 0 Å². The Hall–Kier alpha value is -1.97. The number of rotatable bonds is 7. The minimum atomic E-state index is -0.482. The standard InChI is InChI=1S/C15H21N3O/c1-3-4-10-14(15(16)19)18-17-12(2)11-13-8-6-5-7-9-13/h5-9H,3-4,10-11H2,1-2H3,(H2,16,19)/b17-12+,18-14+. The van der Waals surface area contributed by atoms with Crippen molar-refractivity contribution in [3.05, 3.63) is 35.9 Å². The van der Waals surface area contributed by atoms with Crippen molar-refractivity contribution in [1.29, 1.82) is 0 Å². The van der Waals surface area contributed by atoms with Gasteiger partial charge in [0, 0.05) is 12.1 Å². The largest absolute Gasteiger partial charge is 0.364 e. The number of carbonyl (C=O) groups excluding carboxylic acids is 1. The molecular formula is C15H21N3O. The van der Waals surface area contributed by atoms with Gasteiger partial charge in [-0.25, -0.2) is 0 Å². The van der Waals surface area contributed by atoms with Gasteiger partial charge in [0.2, 0.25) is 0 Å². The highest BCUT2D eigenvalue weighted by Crippen LogP contribution is 2.02. The summed E-state index contributed by atoms with van der Waals surface area (Å²) in [5.74, 6) is -0.482. The van der Waals surface area contributed by atoms with Crippen molar-refractivity contribution in [3.8, 4) is 0 Å². The number of carbonyl (C=O) groups is 1. The smallest absolute Gasteiger partial charge is 0.264 e. The van der Waals surface area contributed by atoms with Crippen LogP contribution in [0.2, 0.25) is 0 Å². The monoisotopic (exact) mass is 259 g/mol. The second kappa shape index (κ2) is 8.19. The molecule has 0 bridgehead atoms. The number of unbranched alkanes of at least 4 members (excludes halogenated alkanes) is 1. The van der Waals surface area contributed by atoms with Crippen molar-refractivity contribution >= 4 is 17.3 Å². The normalized spacial score (nSPS) is 12.5. The van der Waals surface area contributed by atoms with Crippen molar-refractivity contribution in [2.45, 2.75) is 39.5 Å². The zero-order chi connectivity index (χ0) is 14.1. The lowest BCUT2D eigenvalue weighted by atomic mass is 10.1. The maximum atomic E-state index is 11.2. The molecule has 2 N–H and O–H groups in total. The molecular weight excluding hydrogens is 238 g/mol. The van der Waals surface area contributed by atoms with E-state index in [0.29, 0.717) is 12.1 Å². The first kappa shape index (κ1) is 15.1. The third-order valence-electron chi connectivity index (χ3n) is 2.70. The van der Waals surface area contributed by atoms with Crippen LogP contribution in [0.25, 0.3) is 0 Å². The molecule has 4 heteroatoms. The minimum Gasteiger partial charge on any atom is -0.364 e. The summed E-state index contributed by atoms with van der Waals surface area (Å²) in [5, 5.41) is 8.08. The van der Waals surface area contributed by atoms with Crippen LogP contribution in [0, 0.1) is 0 Å². The van der Waals surface area contributed by atoms with E-state index in [-0.39, 0.29) is 0 Å². The predicted octanol–water partition coefficient (Wildman–Crippen LogP) is 2.72. The van der Waals surface area contributed by atoms with E-state index in [2.05, 4.69) is 17.1 Å². The molecule has 0 heterocycles. The first-order valence-electron chi connectivity index (χ1n) is 6.57. The maximum Gasteiger partial charge on any atom is 0.264 e. The molecule has 0 aliphatic heterocycles. The highest BCUT2D eigenvalue weighted by molar-refractivity contribution is 6.38. The van der Waals surface area contributed by atoms with Gasteiger partial charge in [-0.1, -0.05) is 43.7 Å². The molecule has 19 heavy (non-hydrogen) atoms. The van der Waals surface area contributed by atoms with Crippen LogP contribution in [-0.4, -0.2) is 17.3 Å². The van der Waals surface area contributed by atoms with Gasteiger partial charge in [-0.15, -0.1) is 5.10 Å². The van der Waals surface area contributed by atoms with Crippen molar-refractivity contribution < 1.29 is 4.79 Å². The fourth-order valence-electron chi connectivity index (χ4n) is 1.64. The summed E-state index contributed by atoms with van der Waals surface area (Å²) in [6.07, 6.45) is 3.21. The summed E-state index contributed by atoms with van der Waals surface area (Å²) in [6, 6.07) is 10.0. The second-order valence-corrected chi connectivity index (χ2v) is 4.51. The van der Waals surface area contributed by atoms with Crippen LogP contribution >= 0.6 is 0 Å². The van der Waals surface area contributed by atoms with Gasteiger partial charge in [0.25, 0.3) is 5.91 Å². The van der Waals surface area contributed by atoms with Crippen LogP contribution in [0.15, 0.2) is 40.5 Å². The zero-order valence-corrected chi connectivity index (χ0v) is 11.6. The van der Waals surface area contributed by atoms with Crippen LogP contribution in [0.3, 0.4) is 0 Å². The fraction of sp³-hybridized carbons (Fsp3) is 0.400. The van der Waals surface area contributed by atoms with E-state index in [1.807, 2.05) is 37.3 Å². The van der Waals surface area contributed by atoms with Gasteiger partial charge in [0.05, 0.1) is 0 Å². The maximum absolute atomic E-state index is 11.2. The first-order chi connectivity index (χ1) is 9.13. The van der Waals surface area contributed by atoms with E-state index >= 15 is 0 Å². The van der Waals surface area contributed by atoms with Crippen LogP contribution in [0.4, 0.5) is 0 Å². The van der Waals surface area contributed by atoms with Gasteiger partial charge in [-0.2, -0.15) is 5.10 Å². The molecule has 102 valence electrons. The Morgan fingerprint density at radius 3 is 2.47 bits per heavy atom. The summed E-state index contributed by atoms with van der Waals surface area (Å²) < 4.78 is 0. The Balaban J connectivity index is 2.68. The van der Waals surface area contributed by atoms with Gasteiger partial charge in [-0.3, -0.25) is 4.79 Å². The summed E-state index contributed by atoms with van der Waals surface area (Å²) in [4.78, 5) is 11.2. The van der Waals surface area contributed by atoms with E-state index in [1.54, 1.807) is 0 Å². The van der Waals surface area contributed by atoms with Crippen LogP contribution in [-0.2, 0) is 11.2 Å². The van der Waals surface area contributed by atoms with Gasteiger partial charge in [0.1, 0.15) is 5.71 Å². The summed E-state index contributed by atoms with van der Waals surface area (Å²) in [5.41, 5.74) is 7.67. The second-order valence-electron chi connectivity index (χ2n) is 4.51.